The predicted octanol–water partition coefficient (Wildman–Crippen LogP) is 2.87. The Morgan fingerprint density at radius 3 is 2.65 bits per heavy atom. The van der Waals surface area contributed by atoms with Crippen molar-refractivity contribution in [2.45, 2.75) is 19.7 Å². The molecule has 2 aliphatic rings. The molecule has 0 saturated carbocycles. The largest absolute Gasteiger partial charge is 0.375 e. The maximum atomic E-state index is 13.3. The topological polar surface area (TPSA) is 71.3 Å². The van der Waals surface area contributed by atoms with Gasteiger partial charge in [-0.05, 0) is 19.1 Å². The Balaban J connectivity index is 2.09. The number of halogens is 1. The van der Waals surface area contributed by atoms with E-state index >= 15 is 0 Å². The Labute approximate surface area is 120 Å². The van der Waals surface area contributed by atoms with Crippen LogP contribution in [-0.4, -0.2) is 27.7 Å². The highest BCUT2D eigenvalue weighted by molar-refractivity contribution is 7.81. The van der Waals surface area contributed by atoms with Gasteiger partial charge in [0.1, 0.15) is 0 Å². The van der Waals surface area contributed by atoms with Crippen LogP contribution in [0.3, 0.4) is 0 Å². The van der Waals surface area contributed by atoms with E-state index in [2.05, 4.69) is 10.3 Å². The first-order chi connectivity index (χ1) is 9.44. The molecule has 0 radical (unpaired) electrons. The summed E-state index contributed by atoms with van der Waals surface area (Å²) >= 11 is 5.84. The second kappa shape index (κ2) is 4.43. The molecule has 1 aromatic rings. The lowest BCUT2D eigenvalue weighted by atomic mass is 10.2. The van der Waals surface area contributed by atoms with Crippen molar-refractivity contribution in [2.75, 3.05) is 0 Å². The number of nitrogens with zero attached hydrogens (tertiary/aromatic N) is 3. The molecule has 0 fully saturated rings. The van der Waals surface area contributed by atoms with Gasteiger partial charge in [-0.2, -0.15) is 9.88 Å². The van der Waals surface area contributed by atoms with E-state index in [0.717, 1.165) is 4.78 Å². The predicted molar refractivity (Wildman–Crippen MR) is 76.1 cm³/mol. The summed E-state index contributed by atoms with van der Waals surface area (Å²) in [4.78, 5) is 16.9. The van der Waals surface area contributed by atoms with E-state index in [-0.39, 0.29) is 5.45 Å². The molecule has 0 saturated heterocycles. The fraction of sp³-hybridized carbons (Fsp3) is 0.250. The molecule has 1 amide bonds. The van der Waals surface area contributed by atoms with E-state index in [9.17, 15) is 9.36 Å². The SMILES string of the molecule is CC(=O)N1N=C(C)C2ON=C(c3ccc(Cl)cc3)P21=O. The first-order valence-corrected chi connectivity index (χ1v) is 8.01. The lowest BCUT2D eigenvalue weighted by Gasteiger charge is -2.19. The second-order valence-electron chi connectivity index (χ2n) is 4.55. The van der Waals surface area contributed by atoms with E-state index in [4.69, 9.17) is 16.4 Å². The van der Waals surface area contributed by atoms with E-state index < -0.39 is 19.0 Å². The van der Waals surface area contributed by atoms with Crippen LogP contribution < -0.4 is 0 Å². The molecule has 3 rings (SSSR count). The smallest absolute Gasteiger partial charge is 0.292 e. The molecule has 2 aliphatic heterocycles. The van der Waals surface area contributed by atoms with Crippen LogP contribution in [0.15, 0.2) is 34.5 Å². The lowest BCUT2D eigenvalue weighted by Crippen LogP contribution is -2.23. The van der Waals surface area contributed by atoms with Gasteiger partial charge in [0, 0.05) is 17.5 Å². The van der Waals surface area contributed by atoms with E-state index in [1.807, 2.05) is 0 Å². The molecule has 20 heavy (non-hydrogen) atoms. The van der Waals surface area contributed by atoms with Gasteiger partial charge in [0.2, 0.25) is 11.8 Å². The number of fused-ring (bicyclic) bond motifs is 1. The maximum absolute atomic E-state index is 13.3. The Kier molecular flexibility index (Phi) is 2.96. The molecule has 2 atom stereocenters. The normalized spacial score (nSPS) is 27.8. The van der Waals surface area contributed by atoms with Crippen LogP contribution in [0.5, 0.6) is 0 Å². The maximum Gasteiger partial charge on any atom is 0.292 e. The minimum absolute atomic E-state index is 0.245. The van der Waals surface area contributed by atoms with Crippen LogP contribution in [0.1, 0.15) is 19.4 Å². The Morgan fingerprint density at radius 1 is 1.40 bits per heavy atom. The Morgan fingerprint density at radius 2 is 2.05 bits per heavy atom. The van der Waals surface area contributed by atoms with Gasteiger partial charge in [-0.1, -0.05) is 28.9 Å². The molecule has 6 nitrogen and oxygen atoms in total. The van der Waals surface area contributed by atoms with E-state index in [1.165, 1.54) is 6.92 Å². The van der Waals surface area contributed by atoms with Crippen LogP contribution in [-0.2, 0) is 14.2 Å². The third-order valence-corrected chi connectivity index (χ3v) is 6.37. The average Bonchev–Trinajstić information content (AvgIpc) is 2.86. The van der Waals surface area contributed by atoms with Crippen molar-refractivity contribution < 1.29 is 14.2 Å². The molecule has 2 heterocycles. The van der Waals surface area contributed by atoms with Crippen molar-refractivity contribution in [3.8, 4) is 0 Å². The highest BCUT2D eigenvalue weighted by atomic mass is 35.5. The third kappa shape index (κ3) is 1.72. The van der Waals surface area contributed by atoms with Gasteiger partial charge in [-0.3, -0.25) is 9.36 Å². The number of carbonyl (C=O) groups is 1. The van der Waals surface area contributed by atoms with Crippen molar-refractivity contribution in [1.29, 1.82) is 0 Å². The van der Waals surface area contributed by atoms with Gasteiger partial charge >= 0.3 is 0 Å². The number of benzene rings is 1. The summed E-state index contributed by atoms with van der Waals surface area (Å²) in [5.74, 6) is -1.18. The van der Waals surface area contributed by atoms with Crippen LogP contribution in [0, 0.1) is 0 Å². The number of hydrazone groups is 1. The standard InChI is InChI=1S/C12H11ClN3O3P/c1-7-12-19-15-11(9-3-5-10(13)6-4-9)20(12,18)16(14-7)8(2)17/h3-6,12H,1-2H3. The number of hydrogen-bond donors (Lipinski definition) is 0. The first kappa shape index (κ1) is 13.3. The molecule has 0 aromatic heterocycles. The summed E-state index contributed by atoms with van der Waals surface area (Å²) < 4.78 is 14.3. The van der Waals surface area contributed by atoms with Gasteiger partial charge in [-0.25, -0.2) is 0 Å². The second-order valence-corrected chi connectivity index (χ2v) is 7.51. The fourth-order valence-corrected chi connectivity index (χ4v) is 5.07. The van der Waals surface area contributed by atoms with E-state index in [1.54, 1.807) is 31.2 Å². The van der Waals surface area contributed by atoms with Crippen LogP contribution in [0.25, 0.3) is 0 Å². The number of hydrogen-bond acceptors (Lipinski definition) is 5. The zero-order chi connectivity index (χ0) is 14.5. The highest BCUT2D eigenvalue weighted by Gasteiger charge is 2.57. The first-order valence-electron chi connectivity index (χ1n) is 5.91. The molecule has 104 valence electrons. The summed E-state index contributed by atoms with van der Waals surface area (Å²) in [7, 11) is -3.34. The number of oxime groups is 1. The van der Waals surface area contributed by atoms with Crippen molar-refractivity contribution in [1.82, 2.24) is 4.78 Å². The van der Waals surface area contributed by atoms with Gasteiger partial charge in [0.25, 0.3) is 7.29 Å². The summed E-state index contributed by atoms with van der Waals surface area (Å²) in [6, 6.07) is 6.72. The van der Waals surface area contributed by atoms with Crippen molar-refractivity contribution in [3.63, 3.8) is 0 Å². The molecule has 2 unspecified atom stereocenters. The molecule has 8 heteroatoms. The molecular formula is C12H11ClN3O3P. The molecule has 0 aliphatic carbocycles. The fourth-order valence-electron chi connectivity index (χ4n) is 2.23. The molecular weight excluding hydrogens is 301 g/mol. The van der Waals surface area contributed by atoms with Gasteiger partial charge in [0.15, 0.2) is 5.45 Å². The zero-order valence-electron chi connectivity index (χ0n) is 10.8. The van der Waals surface area contributed by atoms with Crippen LogP contribution in [0.4, 0.5) is 0 Å². The summed E-state index contributed by atoms with van der Waals surface area (Å²) in [6.45, 7) is 2.98. The number of carbonyl (C=O) groups excluding carboxylic acids is 1. The van der Waals surface area contributed by atoms with Crippen LogP contribution >= 0.6 is 18.9 Å². The van der Waals surface area contributed by atoms with Crippen molar-refractivity contribution >= 4 is 36.0 Å². The molecule has 0 spiro atoms. The minimum atomic E-state index is -3.34. The highest BCUT2D eigenvalue weighted by Crippen LogP contribution is 2.64. The molecule has 0 bridgehead atoms. The van der Waals surface area contributed by atoms with Gasteiger partial charge in [-0.15, -0.1) is 0 Å². The summed E-state index contributed by atoms with van der Waals surface area (Å²) in [5, 5.41) is 8.51. The zero-order valence-corrected chi connectivity index (χ0v) is 12.4. The third-order valence-electron chi connectivity index (χ3n) is 3.14. The minimum Gasteiger partial charge on any atom is -0.375 e. The number of amides is 1. The van der Waals surface area contributed by atoms with Crippen molar-refractivity contribution in [3.05, 3.63) is 34.9 Å². The van der Waals surface area contributed by atoms with Gasteiger partial charge in [0.05, 0.1) is 5.71 Å². The summed E-state index contributed by atoms with van der Waals surface area (Å²) in [6.07, 6.45) is 0. The van der Waals surface area contributed by atoms with Gasteiger partial charge < -0.3 is 4.84 Å². The average molecular weight is 312 g/mol. The van der Waals surface area contributed by atoms with Crippen LogP contribution in [0.2, 0.25) is 5.02 Å². The van der Waals surface area contributed by atoms with Crippen molar-refractivity contribution in [2.24, 2.45) is 10.3 Å². The molecule has 0 N–H and O–H groups in total. The number of rotatable bonds is 1. The van der Waals surface area contributed by atoms with E-state index in [0.29, 0.717) is 16.3 Å². The Bertz CT molecular complexity index is 698. The Hall–Kier alpha value is -1.65. The molecule has 1 aromatic carbocycles. The monoisotopic (exact) mass is 311 g/mol. The summed E-state index contributed by atoms with van der Waals surface area (Å²) in [5.41, 5.74) is 1.34. The quantitative estimate of drug-likeness (QED) is 0.749. The lowest BCUT2D eigenvalue weighted by molar-refractivity contribution is -0.124.